The second-order valence-electron chi connectivity index (χ2n) is 7.96. The standard InChI is InChI=1S/C23H24N8O/c1-14(2)22-28-29-30-31(22)20-8-17(21-6-5-15(3)10-26-21)7-18(9-20)23(32)27-16(4)19-11-24-13-25-12-19/h5-14,16H,1-4H3,(H,27,32). The van der Waals surface area contributed by atoms with Crippen molar-refractivity contribution >= 4 is 5.91 Å². The largest absolute Gasteiger partial charge is 0.345 e. The topological polar surface area (TPSA) is 111 Å². The number of rotatable bonds is 6. The van der Waals surface area contributed by atoms with E-state index in [1.807, 2.05) is 52.0 Å². The highest BCUT2D eigenvalue weighted by Crippen LogP contribution is 2.25. The minimum atomic E-state index is -0.257. The number of hydrogen-bond donors (Lipinski definition) is 1. The van der Waals surface area contributed by atoms with Gasteiger partial charge in [0.15, 0.2) is 5.82 Å². The van der Waals surface area contributed by atoms with E-state index in [4.69, 9.17) is 0 Å². The van der Waals surface area contributed by atoms with E-state index in [-0.39, 0.29) is 17.9 Å². The Morgan fingerprint density at radius 1 is 1.03 bits per heavy atom. The molecule has 4 rings (SSSR count). The van der Waals surface area contributed by atoms with Gasteiger partial charge in [0.25, 0.3) is 5.91 Å². The molecule has 1 N–H and O–H groups in total. The van der Waals surface area contributed by atoms with Crippen molar-refractivity contribution in [2.75, 3.05) is 0 Å². The van der Waals surface area contributed by atoms with Crippen molar-refractivity contribution in [1.29, 1.82) is 0 Å². The van der Waals surface area contributed by atoms with Crippen molar-refractivity contribution in [1.82, 2.24) is 40.5 Å². The van der Waals surface area contributed by atoms with Crippen LogP contribution < -0.4 is 5.32 Å². The lowest BCUT2D eigenvalue weighted by Gasteiger charge is -2.15. The number of benzene rings is 1. The van der Waals surface area contributed by atoms with Crippen molar-refractivity contribution < 1.29 is 4.79 Å². The summed E-state index contributed by atoms with van der Waals surface area (Å²) in [5.41, 5.74) is 4.61. The van der Waals surface area contributed by atoms with Gasteiger partial charge in [0.2, 0.25) is 0 Å². The molecule has 0 spiro atoms. The van der Waals surface area contributed by atoms with Crippen LogP contribution in [-0.4, -0.2) is 41.1 Å². The van der Waals surface area contributed by atoms with Gasteiger partial charge in [-0.3, -0.25) is 9.78 Å². The van der Waals surface area contributed by atoms with Crippen LogP contribution in [0.4, 0.5) is 0 Å². The number of tetrazole rings is 1. The fraction of sp³-hybridized carbons (Fsp3) is 0.261. The molecule has 32 heavy (non-hydrogen) atoms. The van der Waals surface area contributed by atoms with Crippen molar-refractivity contribution in [3.05, 3.63) is 77.8 Å². The molecule has 1 unspecified atom stereocenters. The monoisotopic (exact) mass is 428 g/mol. The molecule has 9 heteroatoms. The van der Waals surface area contributed by atoms with Gasteiger partial charge in [-0.1, -0.05) is 19.9 Å². The van der Waals surface area contributed by atoms with Gasteiger partial charge in [-0.15, -0.1) is 5.10 Å². The van der Waals surface area contributed by atoms with E-state index < -0.39 is 0 Å². The van der Waals surface area contributed by atoms with Crippen molar-refractivity contribution in [3.63, 3.8) is 0 Å². The van der Waals surface area contributed by atoms with Gasteiger partial charge in [-0.25, -0.2) is 9.97 Å². The number of hydrogen-bond acceptors (Lipinski definition) is 7. The zero-order valence-electron chi connectivity index (χ0n) is 18.4. The molecule has 1 amide bonds. The summed E-state index contributed by atoms with van der Waals surface area (Å²) in [7, 11) is 0. The smallest absolute Gasteiger partial charge is 0.251 e. The van der Waals surface area contributed by atoms with Gasteiger partial charge in [-0.2, -0.15) is 4.68 Å². The highest BCUT2D eigenvalue weighted by atomic mass is 16.1. The normalized spacial score (nSPS) is 12.0. The minimum Gasteiger partial charge on any atom is -0.345 e. The molecule has 1 aromatic carbocycles. The lowest BCUT2D eigenvalue weighted by atomic mass is 10.0. The minimum absolute atomic E-state index is 0.113. The summed E-state index contributed by atoms with van der Waals surface area (Å²) in [4.78, 5) is 25.8. The number of nitrogens with zero attached hydrogens (tertiary/aromatic N) is 7. The SMILES string of the molecule is Cc1ccc(-c2cc(C(=O)NC(C)c3cncnc3)cc(-n3nnnc3C(C)C)c2)nc1. The summed E-state index contributed by atoms with van der Waals surface area (Å²) in [6.45, 7) is 7.91. The lowest BCUT2D eigenvalue weighted by molar-refractivity contribution is 0.0940. The van der Waals surface area contributed by atoms with Crippen LogP contribution in [0.25, 0.3) is 16.9 Å². The van der Waals surface area contributed by atoms with Crippen molar-refractivity contribution in [2.45, 2.75) is 39.7 Å². The number of aromatic nitrogens is 7. The fourth-order valence-electron chi connectivity index (χ4n) is 3.29. The highest BCUT2D eigenvalue weighted by Gasteiger charge is 2.18. The molecular weight excluding hydrogens is 404 g/mol. The molecule has 9 nitrogen and oxygen atoms in total. The molecule has 3 aromatic heterocycles. The summed E-state index contributed by atoms with van der Waals surface area (Å²) in [5, 5.41) is 15.1. The van der Waals surface area contributed by atoms with Gasteiger partial charge in [-0.05, 0) is 54.1 Å². The Labute approximate surface area is 186 Å². The average molecular weight is 429 g/mol. The van der Waals surface area contributed by atoms with E-state index in [1.165, 1.54) is 6.33 Å². The highest BCUT2D eigenvalue weighted by molar-refractivity contribution is 5.96. The van der Waals surface area contributed by atoms with Crippen molar-refractivity contribution in [3.8, 4) is 16.9 Å². The molecule has 0 aliphatic carbocycles. The number of nitrogens with one attached hydrogen (secondary N) is 1. The van der Waals surface area contributed by atoms with E-state index in [0.717, 1.165) is 22.4 Å². The predicted octanol–water partition coefficient (Wildman–Crippen LogP) is 3.44. The van der Waals surface area contributed by atoms with Crippen LogP contribution in [0.2, 0.25) is 0 Å². The maximum absolute atomic E-state index is 13.2. The molecule has 3 heterocycles. The summed E-state index contributed by atoms with van der Waals surface area (Å²) in [6.07, 6.45) is 6.63. The Morgan fingerprint density at radius 3 is 2.50 bits per heavy atom. The third kappa shape index (κ3) is 4.51. The molecule has 0 aliphatic rings. The van der Waals surface area contributed by atoms with Gasteiger partial charge in [0.1, 0.15) is 6.33 Å². The van der Waals surface area contributed by atoms with E-state index in [9.17, 15) is 4.79 Å². The second-order valence-corrected chi connectivity index (χ2v) is 7.96. The molecule has 0 aliphatic heterocycles. The molecule has 0 radical (unpaired) electrons. The number of carbonyl (C=O) groups excluding carboxylic acids is 1. The fourth-order valence-corrected chi connectivity index (χ4v) is 3.29. The molecule has 162 valence electrons. The zero-order chi connectivity index (χ0) is 22.7. The van der Waals surface area contributed by atoms with Gasteiger partial charge in [0, 0.05) is 41.2 Å². The van der Waals surface area contributed by atoms with Crippen LogP contribution in [0.3, 0.4) is 0 Å². The molecule has 0 saturated carbocycles. The first kappa shape index (κ1) is 21.2. The first-order chi connectivity index (χ1) is 15.4. The quantitative estimate of drug-likeness (QED) is 0.501. The van der Waals surface area contributed by atoms with E-state index in [0.29, 0.717) is 17.1 Å². The Bertz CT molecular complexity index is 1220. The second kappa shape index (κ2) is 9.01. The predicted molar refractivity (Wildman–Crippen MR) is 119 cm³/mol. The number of aryl methyl sites for hydroxylation is 1. The van der Waals surface area contributed by atoms with Crippen LogP contribution in [0.15, 0.2) is 55.2 Å². The van der Waals surface area contributed by atoms with Crippen LogP contribution in [0.1, 0.15) is 60.0 Å². The van der Waals surface area contributed by atoms with Gasteiger partial charge < -0.3 is 5.32 Å². The van der Waals surface area contributed by atoms with Crippen LogP contribution >= 0.6 is 0 Å². The molecule has 0 bridgehead atoms. The average Bonchev–Trinajstić information content (AvgIpc) is 3.30. The van der Waals surface area contributed by atoms with Gasteiger partial charge >= 0.3 is 0 Å². The summed E-state index contributed by atoms with van der Waals surface area (Å²) < 4.78 is 1.66. The zero-order valence-corrected chi connectivity index (χ0v) is 18.4. The first-order valence-electron chi connectivity index (χ1n) is 10.3. The third-order valence-corrected chi connectivity index (χ3v) is 5.07. The lowest BCUT2D eigenvalue weighted by Crippen LogP contribution is -2.27. The van der Waals surface area contributed by atoms with Crippen LogP contribution in [-0.2, 0) is 0 Å². The summed E-state index contributed by atoms with van der Waals surface area (Å²) in [6, 6.07) is 9.21. The number of amides is 1. The maximum atomic E-state index is 13.2. The Kier molecular flexibility index (Phi) is 5.98. The van der Waals surface area contributed by atoms with E-state index >= 15 is 0 Å². The molecular formula is C23H24N8O. The van der Waals surface area contributed by atoms with Crippen LogP contribution in [0.5, 0.6) is 0 Å². The molecule has 1 atom stereocenters. The summed E-state index contributed by atoms with van der Waals surface area (Å²) in [5.74, 6) is 0.595. The molecule has 0 saturated heterocycles. The molecule has 4 aromatic rings. The van der Waals surface area contributed by atoms with Crippen molar-refractivity contribution in [2.24, 2.45) is 0 Å². The Hall–Kier alpha value is -4.01. The number of carbonyl (C=O) groups is 1. The third-order valence-electron chi connectivity index (χ3n) is 5.07. The molecule has 0 fully saturated rings. The number of pyridine rings is 1. The Balaban J connectivity index is 1.75. The van der Waals surface area contributed by atoms with Gasteiger partial charge in [0.05, 0.1) is 17.4 Å². The van der Waals surface area contributed by atoms with E-state index in [2.05, 4.69) is 35.8 Å². The maximum Gasteiger partial charge on any atom is 0.251 e. The Morgan fingerprint density at radius 2 is 1.81 bits per heavy atom. The summed E-state index contributed by atoms with van der Waals surface area (Å²) >= 11 is 0. The van der Waals surface area contributed by atoms with E-state index in [1.54, 1.807) is 29.3 Å². The first-order valence-corrected chi connectivity index (χ1v) is 10.3. The van der Waals surface area contributed by atoms with Crippen LogP contribution in [0, 0.1) is 6.92 Å².